The number of rotatable bonds is 5. The summed E-state index contributed by atoms with van der Waals surface area (Å²) in [5.41, 5.74) is 9.42. The highest BCUT2D eigenvalue weighted by Gasteiger charge is 2.41. The molecule has 234 valence electrons. The molecular formula is C45H27N3O2. The summed E-state index contributed by atoms with van der Waals surface area (Å²) < 4.78 is 2.08. The summed E-state index contributed by atoms with van der Waals surface area (Å²) in [6.07, 6.45) is 0. The van der Waals surface area contributed by atoms with E-state index in [1.54, 1.807) is 6.07 Å². The van der Waals surface area contributed by atoms with Gasteiger partial charge in [-0.15, -0.1) is 0 Å². The van der Waals surface area contributed by atoms with Crippen LogP contribution in [0.4, 0.5) is 5.69 Å². The molecule has 7 aromatic carbocycles. The first-order chi connectivity index (χ1) is 24.7. The van der Waals surface area contributed by atoms with E-state index in [9.17, 15) is 14.9 Å². The molecule has 8 aromatic rings. The Balaban J connectivity index is 1.30. The molecule has 9 rings (SSSR count). The Bertz CT molecular complexity index is 2700. The Morgan fingerprint density at radius 3 is 1.80 bits per heavy atom. The second-order valence-electron chi connectivity index (χ2n) is 12.3. The molecule has 5 nitrogen and oxygen atoms in total. The predicted octanol–water partition coefficient (Wildman–Crippen LogP) is 10.5. The summed E-state index contributed by atoms with van der Waals surface area (Å²) in [6, 6.07) is 55.2. The molecular weight excluding hydrogens is 615 g/mol. The first-order valence-corrected chi connectivity index (χ1v) is 16.4. The molecule has 50 heavy (non-hydrogen) atoms. The van der Waals surface area contributed by atoms with Gasteiger partial charge in [0.1, 0.15) is 0 Å². The number of carbonyl (C=O) groups excluding carboxylic acids is 2. The van der Waals surface area contributed by atoms with Crippen molar-refractivity contribution in [2.45, 2.75) is 0 Å². The molecule has 0 unspecified atom stereocenters. The van der Waals surface area contributed by atoms with Crippen LogP contribution in [0, 0.1) is 11.3 Å². The van der Waals surface area contributed by atoms with Crippen LogP contribution < -0.4 is 4.90 Å². The zero-order valence-corrected chi connectivity index (χ0v) is 26.7. The number of nitrogens with zero attached hydrogens (tertiary/aromatic N) is 3. The fourth-order valence-corrected chi connectivity index (χ4v) is 7.47. The van der Waals surface area contributed by atoms with Crippen molar-refractivity contribution in [2.75, 3.05) is 4.90 Å². The van der Waals surface area contributed by atoms with Crippen molar-refractivity contribution in [1.82, 2.24) is 4.57 Å². The number of hydrogen-bond acceptors (Lipinski definition) is 3. The third-order valence-electron chi connectivity index (χ3n) is 9.60. The number of amides is 2. The molecule has 0 atom stereocenters. The van der Waals surface area contributed by atoms with E-state index in [4.69, 9.17) is 0 Å². The van der Waals surface area contributed by atoms with E-state index in [0.29, 0.717) is 28.1 Å². The van der Waals surface area contributed by atoms with Crippen LogP contribution in [0.5, 0.6) is 0 Å². The minimum absolute atomic E-state index is 0.340. The van der Waals surface area contributed by atoms with Crippen molar-refractivity contribution in [1.29, 1.82) is 5.26 Å². The lowest BCUT2D eigenvalue weighted by Gasteiger charge is -2.22. The highest BCUT2D eigenvalue weighted by Crippen LogP contribution is 2.45. The van der Waals surface area contributed by atoms with Gasteiger partial charge in [0.25, 0.3) is 11.8 Å². The fraction of sp³-hybridized carbons (Fsp3) is 0. The number of benzene rings is 7. The lowest BCUT2D eigenvalue weighted by atomic mass is 9.92. The smallest absolute Gasteiger partial charge is 0.268 e. The minimum atomic E-state index is -0.385. The Morgan fingerprint density at radius 1 is 0.440 bits per heavy atom. The zero-order valence-electron chi connectivity index (χ0n) is 26.7. The first kappa shape index (κ1) is 29.1. The monoisotopic (exact) mass is 641 g/mol. The summed E-state index contributed by atoms with van der Waals surface area (Å²) in [5.74, 6) is -0.756. The van der Waals surface area contributed by atoms with Crippen molar-refractivity contribution in [3.05, 3.63) is 180 Å². The number of carbonyl (C=O) groups is 2. The first-order valence-electron chi connectivity index (χ1n) is 16.4. The standard InChI is InChI=1S/C45H27N3O2/c46-28-31-18-7-8-19-32(31)35-22-11-23-36-34-20-9-10-25-38(34)47(43(35)36)40-27-13-24-37-42(40)45(50)48(44(37)49)39-26-12-21-33(29-14-3-1-4-15-29)41(39)30-16-5-2-6-17-30/h1-27H. The quantitative estimate of drug-likeness (QED) is 0.176. The molecule has 0 N–H and O–H groups in total. The average molecular weight is 642 g/mol. The maximum absolute atomic E-state index is 14.9. The van der Waals surface area contributed by atoms with Crippen LogP contribution in [0.1, 0.15) is 26.3 Å². The Morgan fingerprint density at radius 2 is 1.02 bits per heavy atom. The molecule has 0 fully saturated rings. The van der Waals surface area contributed by atoms with Gasteiger partial charge < -0.3 is 4.57 Å². The van der Waals surface area contributed by atoms with Gasteiger partial charge in [-0.05, 0) is 47.0 Å². The summed E-state index contributed by atoms with van der Waals surface area (Å²) in [5, 5.41) is 12.1. The summed E-state index contributed by atoms with van der Waals surface area (Å²) in [6.45, 7) is 0. The van der Waals surface area contributed by atoms with Crippen molar-refractivity contribution < 1.29 is 9.59 Å². The molecule has 0 bridgehead atoms. The van der Waals surface area contributed by atoms with Gasteiger partial charge in [0.05, 0.1) is 45.2 Å². The second-order valence-corrected chi connectivity index (χ2v) is 12.3. The van der Waals surface area contributed by atoms with Gasteiger partial charge in [0.15, 0.2) is 0 Å². The molecule has 2 amide bonds. The van der Waals surface area contributed by atoms with Gasteiger partial charge in [0.2, 0.25) is 0 Å². The topological polar surface area (TPSA) is 66.1 Å². The number of anilines is 1. The molecule has 1 aliphatic rings. The highest BCUT2D eigenvalue weighted by molar-refractivity contribution is 6.37. The molecule has 0 radical (unpaired) electrons. The molecule has 1 aromatic heterocycles. The van der Waals surface area contributed by atoms with Gasteiger partial charge >= 0.3 is 0 Å². The predicted molar refractivity (Wildman–Crippen MR) is 199 cm³/mol. The van der Waals surface area contributed by atoms with Gasteiger partial charge in [-0.25, -0.2) is 4.90 Å². The number of nitriles is 1. The van der Waals surface area contributed by atoms with Crippen LogP contribution in [-0.2, 0) is 0 Å². The molecule has 0 aliphatic carbocycles. The van der Waals surface area contributed by atoms with Crippen molar-refractivity contribution in [2.24, 2.45) is 0 Å². The molecule has 1 aliphatic heterocycles. The lowest BCUT2D eigenvalue weighted by Crippen LogP contribution is -2.30. The van der Waals surface area contributed by atoms with Crippen LogP contribution in [0.25, 0.3) is 60.9 Å². The maximum atomic E-state index is 14.9. The van der Waals surface area contributed by atoms with Crippen LogP contribution in [0.3, 0.4) is 0 Å². The van der Waals surface area contributed by atoms with Gasteiger partial charge in [-0.3, -0.25) is 9.59 Å². The SMILES string of the molecule is N#Cc1ccccc1-c1cccc2c3ccccc3n(-c3cccc4c3C(=O)N(c3cccc(-c5ccccc5)c3-c3ccccc3)C4=O)c12. The van der Waals surface area contributed by atoms with E-state index < -0.39 is 0 Å². The zero-order chi connectivity index (χ0) is 33.8. The molecule has 5 heteroatoms. The van der Waals surface area contributed by atoms with Gasteiger partial charge in [-0.1, -0.05) is 133 Å². The number of fused-ring (bicyclic) bond motifs is 4. The number of hydrogen-bond donors (Lipinski definition) is 0. The lowest BCUT2D eigenvalue weighted by molar-refractivity contribution is 0.0926. The van der Waals surface area contributed by atoms with E-state index >= 15 is 0 Å². The van der Waals surface area contributed by atoms with Crippen LogP contribution in [0.2, 0.25) is 0 Å². The molecule has 0 saturated carbocycles. The normalized spacial score (nSPS) is 12.4. The van der Waals surface area contributed by atoms with Crippen molar-refractivity contribution >= 4 is 39.3 Å². The summed E-state index contributed by atoms with van der Waals surface area (Å²) in [4.78, 5) is 30.8. The number of para-hydroxylation sites is 2. The second kappa shape index (κ2) is 11.6. The average Bonchev–Trinajstić information content (AvgIpc) is 3.65. The van der Waals surface area contributed by atoms with E-state index in [1.807, 2.05) is 146 Å². The minimum Gasteiger partial charge on any atom is -0.308 e. The van der Waals surface area contributed by atoms with Crippen LogP contribution in [-0.4, -0.2) is 16.4 Å². The van der Waals surface area contributed by atoms with E-state index in [0.717, 1.165) is 55.2 Å². The fourth-order valence-electron chi connectivity index (χ4n) is 7.47. The Hall–Kier alpha value is -7.03. The summed E-state index contributed by atoms with van der Waals surface area (Å²) >= 11 is 0. The van der Waals surface area contributed by atoms with E-state index in [2.05, 4.69) is 22.8 Å². The molecule has 0 saturated heterocycles. The van der Waals surface area contributed by atoms with E-state index in [-0.39, 0.29) is 11.8 Å². The Kier molecular flexibility index (Phi) is 6.75. The largest absolute Gasteiger partial charge is 0.308 e. The number of imide groups is 1. The third-order valence-corrected chi connectivity index (χ3v) is 9.60. The van der Waals surface area contributed by atoms with Crippen LogP contribution in [0.15, 0.2) is 164 Å². The Labute approximate surface area is 288 Å². The maximum Gasteiger partial charge on any atom is 0.268 e. The molecule has 0 spiro atoms. The highest BCUT2D eigenvalue weighted by atomic mass is 16.2. The third kappa shape index (κ3) is 4.33. The van der Waals surface area contributed by atoms with Crippen molar-refractivity contribution in [3.63, 3.8) is 0 Å². The van der Waals surface area contributed by atoms with E-state index in [1.165, 1.54) is 4.90 Å². The van der Waals surface area contributed by atoms with Gasteiger partial charge in [0, 0.05) is 27.5 Å². The van der Waals surface area contributed by atoms with Crippen LogP contribution >= 0.6 is 0 Å². The van der Waals surface area contributed by atoms with Crippen molar-refractivity contribution in [3.8, 4) is 45.1 Å². The number of aromatic nitrogens is 1. The molecule has 2 heterocycles. The van der Waals surface area contributed by atoms with Gasteiger partial charge in [-0.2, -0.15) is 5.26 Å². The summed E-state index contributed by atoms with van der Waals surface area (Å²) in [7, 11) is 0.